The summed E-state index contributed by atoms with van der Waals surface area (Å²) in [6.07, 6.45) is 0. The van der Waals surface area contributed by atoms with Gasteiger partial charge in [-0.2, -0.15) is 0 Å². The number of fused-ring (bicyclic) bond motifs is 6. The van der Waals surface area contributed by atoms with Gasteiger partial charge in [-0.1, -0.05) is 72.8 Å². The van der Waals surface area contributed by atoms with Crippen molar-refractivity contribution >= 4 is 65.5 Å². The zero-order valence-electron chi connectivity index (χ0n) is 18.1. The Morgan fingerprint density at radius 1 is 0.500 bits per heavy atom. The van der Waals surface area contributed by atoms with E-state index in [4.69, 9.17) is 18.6 Å². The van der Waals surface area contributed by atoms with Crippen molar-refractivity contribution in [3.63, 3.8) is 0 Å². The minimum absolute atomic E-state index is 1.21. The molecule has 0 nitrogen and oxygen atoms in total. The van der Waals surface area contributed by atoms with Crippen molar-refractivity contribution in [2.45, 2.75) is 13.8 Å². The van der Waals surface area contributed by atoms with Crippen LogP contribution in [-0.4, -0.2) is 3.81 Å². The van der Waals surface area contributed by atoms with Crippen molar-refractivity contribution in [3.8, 4) is 0 Å². The molecule has 6 aromatic rings. The van der Waals surface area contributed by atoms with E-state index in [9.17, 15) is 0 Å². The maximum Gasteiger partial charge on any atom is -0.0771 e. The smallest absolute Gasteiger partial charge is 0.0771 e. The number of halogens is 2. The van der Waals surface area contributed by atoms with Crippen LogP contribution < -0.4 is 0 Å². The van der Waals surface area contributed by atoms with Crippen LogP contribution in [0, 0.1) is 0 Å². The van der Waals surface area contributed by atoms with Crippen LogP contribution in [0.5, 0.6) is 0 Å². The monoisotopic (exact) mass is 490 g/mol. The van der Waals surface area contributed by atoms with Gasteiger partial charge in [-0.3, -0.25) is 0 Å². The molecule has 0 saturated heterocycles. The number of rotatable bonds is 0. The number of hydrogen-bond donors (Lipinski definition) is 0. The first-order chi connectivity index (χ1) is 15.5. The second kappa shape index (κ2) is 10.6. The van der Waals surface area contributed by atoms with Crippen LogP contribution in [0.4, 0.5) is 0 Å². The van der Waals surface area contributed by atoms with Gasteiger partial charge in [-0.05, 0) is 0 Å². The Morgan fingerprint density at radius 2 is 0.719 bits per heavy atom. The second-order valence-electron chi connectivity index (χ2n) is 7.90. The first-order valence-corrected chi connectivity index (χ1v) is 15.7. The van der Waals surface area contributed by atoms with E-state index in [1.807, 2.05) is 13.8 Å². The summed E-state index contributed by atoms with van der Waals surface area (Å²) in [5, 5.41) is 10.8. The van der Waals surface area contributed by atoms with Gasteiger partial charge in [-0.25, -0.2) is 0 Å². The van der Waals surface area contributed by atoms with Crippen molar-refractivity contribution in [3.05, 3.63) is 109 Å². The molecule has 6 aromatic carbocycles. The molecule has 0 fully saturated rings. The van der Waals surface area contributed by atoms with Crippen molar-refractivity contribution < 1.29 is 15.3 Å². The molecule has 0 aliphatic rings. The van der Waals surface area contributed by atoms with E-state index in [2.05, 4.69) is 109 Å². The van der Waals surface area contributed by atoms with Gasteiger partial charge in [0.25, 0.3) is 0 Å². The summed E-state index contributed by atoms with van der Waals surface area (Å²) in [6.45, 7) is 3.94. The van der Waals surface area contributed by atoms with Crippen molar-refractivity contribution in [2.75, 3.05) is 0 Å². The van der Waals surface area contributed by atoms with Crippen LogP contribution >= 0.6 is 18.6 Å². The Bertz CT molecular complexity index is 1290. The molecule has 3 heteroatoms. The molecule has 0 heterocycles. The first kappa shape index (κ1) is 23.0. The molecule has 0 saturated carbocycles. The number of hydrogen-bond acceptors (Lipinski definition) is 0. The summed E-state index contributed by atoms with van der Waals surface area (Å²) in [4.78, 5) is 0. The standard InChI is InChI=1S/2C13H9.C3H6.2ClH.Ti/c2*1-3-7-12-10(5-1)9-11-6-2-4-8-13(11)12;1-3-2;;;/h2*1-9H;1-2H3;2*1H;/q2*-1;;;;+2/p-2. The summed E-state index contributed by atoms with van der Waals surface area (Å²) < 4.78 is 1.21. The molecule has 0 bridgehead atoms. The quantitative estimate of drug-likeness (QED) is 0.147. The molecule has 0 aliphatic carbocycles. The third-order valence-corrected chi connectivity index (χ3v) is 9.72. The SMILES string of the molecule is C[C](C)=[Ti]([Cl])[Cl].c1ccc2c(c1)[cH-]c1ccccc12.c1ccc2c(c1)[cH-]c1ccccc12. The van der Waals surface area contributed by atoms with Gasteiger partial charge in [0.05, 0.1) is 0 Å². The molecule has 160 valence electrons. The topological polar surface area (TPSA) is 0 Å². The van der Waals surface area contributed by atoms with Crippen LogP contribution in [0.1, 0.15) is 13.8 Å². The molecular weight excluding hydrogens is 467 g/mol. The maximum absolute atomic E-state index is 5.51. The van der Waals surface area contributed by atoms with Crippen LogP contribution in [0.2, 0.25) is 0 Å². The maximum atomic E-state index is 5.51. The Balaban J connectivity index is 0.000000124. The van der Waals surface area contributed by atoms with Crippen LogP contribution in [0.3, 0.4) is 0 Å². The Labute approximate surface area is 202 Å². The summed E-state index contributed by atoms with van der Waals surface area (Å²) >= 11 is -1.60. The molecule has 6 rings (SSSR count). The van der Waals surface area contributed by atoms with Crippen LogP contribution in [-0.2, 0) is 15.3 Å². The largest absolute Gasteiger partial charge is 0.126 e. The van der Waals surface area contributed by atoms with Crippen LogP contribution in [0.25, 0.3) is 43.1 Å². The van der Waals surface area contributed by atoms with E-state index < -0.39 is 15.3 Å². The van der Waals surface area contributed by atoms with E-state index >= 15 is 0 Å². The van der Waals surface area contributed by atoms with E-state index in [1.54, 1.807) is 0 Å². The molecule has 0 N–H and O–H groups in total. The molecule has 32 heavy (non-hydrogen) atoms. The van der Waals surface area contributed by atoms with Crippen molar-refractivity contribution in [2.24, 2.45) is 0 Å². The van der Waals surface area contributed by atoms with Gasteiger partial charge >= 0.3 is 51.6 Å². The normalized spacial score (nSPS) is 10.5. The summed E-state index contributed by atoms with van der Waals surface area (Å²) in [5.41, 5.74) is 0. The minimum Gasteiger partial charge on any atom is -0.126 e. The summed E-state index contributed by atoms with van der Waals surface area (Å²) in [6, 6.07) is 38.5. The fraction of sp³-hybridized carbons (Fsp3) is 0.0690. The van der Waals surface area contributed by atoms with Crippen molar-refractivity contribution in [1.29, 1.82) is 0 Å². The Morgan fingerprint density at radius 3 is 0.938 bits per heavy atom. The van der Waals surface area contributed by atoms with E-state index in [0.717, 1.165) is 0 Å². The Hall–Kier alpha value is -2.22. The minimum atomic E-state index is -1.60. The third-order valence-electron chi connectivity index (χ3n) is 5.42. The molecule has 0 spiro atoms. The fourth-order valence-electron chi connectivity index (χ4n) is 3.81. The summed E-state index contributed by atoms with van der Waals surface area (Å²) in [7, 11) is 11.0. The van der Waals surface area contributed by atoms with E-state index in [1.165, 1.54) is 46.9 Å². The van der Waals surface area contributed by atoms with Gasteiger partial charge in [0.2, 0.25) is 0 Å². The predicted octanol–water partition coefficient (Wildman–Crippen LogP) is 9.55. The zero-order chi connectivity index (χ0) is 22.5. The average molecular weight is 491 g/mol. The fourth-order valence-corrected chi connectivity index (χ4v) is 3.81. The molecule has 0 unspecified atom stereocenters. The average Bonchev–Trinajstić information content (AvgIpc) is 3.38. The predicted molar refractivity (Wildman–Crippen MR) is 142 cm³/mol. The van der Waals surface area contributed by atoms with Crippen molar-refractivity contribution in [1.82, 2.24) is 0 Å². The molecule has 0 atom stereocenters. The van der Waals surface area contributed by atoms with Gasteiger partial charge in [0.1, 0.15) is 0 Å². The Kier molecular flexibility index (Phi) is 7.61. The molecule has 0 aromatic heterocycles. The van der Waals surface area contributed by atoms with Gasteiger partial charge < -0.3 is 0 Å². The first-order valence-electron chi connectivity index (χ1n) is 10.6. The van der Waals surface area contributed by atoms with Gasteiger partial charge in [0, 0.05) is 0 Å². The number of benzene rings is 4. The third kappa shape index (κ3) is 5.22. The molecule has 0 radical (unpaired) electrons. The molecule has 0 amide bonds. The zero-order valence-corrected chi connectivity index (χ0v) is 21.2. The van der Waals surface area contributed by atoms with Gasteiger partial charge in [0.15, 0.2) is 0 Å². The van der Waals surface area contributed by atoms with E-state index in [-0.39, 0.29) is 0 Å². The summed E-state index contributed by atoms with van der Waals surface area (Å²) in [5.74, 6) is 0. The van der Waals surface area contributed by atoms with Crippen LogP contribution in [0.15, 0.2) is 109 Å². The molecule has 0 aliphatic heterocycles. The second-order valence-corrected chi connectivity index (χ2v) is 14.2. The van der Waals surface area contributed by atoms with Gasteiger partial charge in [-0.15, -0.1) is 79.5 Å². The van der Waals surface area contributed by atoms with E-state index in [0.29, 0.717) is 0 Å². The molecular formula is C29H24Cl2Ti-2.